The van der Waals surface area contributed by atoms with Crippen molar-refractivity contribution in [3.05, 3.63) is 65.3 Å². The summed E-state index contributed by atoms with van der Waals surface area (Å²) in [4.78, 5) is 0. The fourth-order valence-electron chi connectivity index (χ4n) is 2.40. The van der Waals surface area contributed by atoms with Crippen LogP contribution in [0.4, 0.5) is 10.1 Å². The average Bonchev–Trinajstić information content (AvgIpc) is 2.92. The molecule has 1 N–H and O–H groups in total. The molecule has 3 aromatic rings. The van der Waals surface area contributed by atoms with Gasteiger partial charge in [-0.15, -0.1) is 11.3 Å². The lowest BCUT2D eigenvalue weighted by molar-refractivity contribution is 0.621. The summed E-state index contributed by atoms with van der Waals surface area (Å²) in [5, 5.41) is 6.83. The highest BCUT2D eigenvalue weighted by Crippen LogP contribution is 2.28. The third kappa shape index (κ3) is 2.68. The Hall–Kier alpha value is -1.87. The van der Waals surface area contributed by atoms with E-state index < -0.39 is 0 Å². The van der Waals surface area contributed by atoms with E-state index in [1.165, 1.54) is 16.2 Å². The Bertz CT molecular complexity index is 720. The number of fused-ring (bicyclic) bond motifs is 1. The summed E-state index contributed by atoms with van der Waals surface area (Å²) in [6.45, 7) is 2.10. The largest absolute Gasteiger partial charge is 0.378 e. The number of halogens is 1. The second-order valence-corrected chi connectivity index (χ2v) is 5.78. The Labute approximate surface area is 122 Å². The smallest absolute Gasteiger partial charge is 0.123 e. The van der Waals surface area contributed by atoms with Gasteiger partial charge in [-0.3, -0.25) is 0 Å². The lowest BCUT2D eigenvalue weighted by Crippen LogP contribution is -2.09. The van der Waals surface area contributed by atoms with Gasteiger partial charge in [0.15, 0.2) is 0 Å². The number of thiophene rings is 1. The summed E-state index contributed by atoms with van der Waals surface area (Å²) < 4.78 is 14.6. The van der Waals surface area contributed by atoms with Crippen LogP contribution in [-0.4, -0.2) is 0 Å². The van der Waals surface area contributed by atoms with Gasteiger partial charge in [0.1, 0.15) is 5.82 Å². The van der Waals surface area contributed by atoms with Gasteiger partial charge in [0.2, 0.25) is 0 Å². The Kier molecular flexibility index (Phi) is 3.70. The Morgan fingerprint density at radius 3 is 2.85 bits per heavy atom. The third-order valence-corrected chi connectivity index (χ3v) is 4.35. The van der Waals surface area contributed by atoms with E-state index in [-0.39, 0.29) is 11.9 Å². The van der Waals surface area contributed by atoms with Crippen molar-refractivity contribution in [2.75, 3.05) is 5.32 Å². The molecule has 0 radical (unpaired) electrons. The molecule has 3 rings (SSSR count). The second kappa shape index (κ2) is 5.63. The Morgan fingerprint density at radius 2 is 2.05 bits per heavy atom. The van der Waals surface area contributed by atoms with E-state index in [2.05, 4.69) is 41.9 Å². The van der Waals surface area contributed by atoms with Crippen LogP contribution in [0.15, 0.2) is 53.9 Å². The van der Waals surface area contributed by atoms with E-state index in [9.17, 15) is 4.39 Å². The van der Waals surface area contributed by atoms with Gasteiger partial charge < -0.3 is 5.32 Å². The van der Waals surface area contributed by atoms with E-state index in [0.717, 1.165) is 17.7 Å². The van der Waals surface area contributed by atoms with Crippen molar-refractivity contribution in [2.24, 2.45) is 0 Å². The molecule has 2 aromatic carbocycles. The van der Waals surface area contributed by atoms with Crippen LogP contribution in [0.2, 0.25) is 0 Å². The molecular weight excluding hydrogens is 269 g/mol. The van der Waals surface area contributed by atoms with Crippen LogP contribution in [0.25, 0.3) is 10.1 Å². The van der Waals surface area contributed by atoms with Crippen LogP contribution in [0, 0.1) is 5.82 Å². The first-order valence-corrected chi connectivity index (χ1v) is 7.63. The van der Waals surface area contributed by atoms with Gasteiger partial charge in [-0.05, 0) is 59.1 Å². The molecule has 0 saturated carbocycles. The molecule has 102 valence electrons. The van der Waals surface area contributed by atoms with Crippen LogP contribution in [0.5, 0.6) is 0 Å². The van der Waals surface area contributed by atoms with Gasteiger partial charge in [0.25, 0.3) is 0 Å². The first kappa shape index (κ1) is 13.1. The van der Waals surface area contributed by atoms with Crippen molar-refractivity contribution in [2.45, 2.75) is 19.4 Å². The molecule has 1 aromatic heterocycles. The van der Waals surface area contributed by atoms with E-state index >= 15 is 0 Å². The molecular formula is C17H16FNS. The summed E-state index contributed by atoms with van der Waals surface area (Å²) in [6.07, 6.45) is 0.908. The molecule has 0 aliphatic heterocycles. The molecule has 0 aliphatic carbocycles. The van der Waals surface area contributed by atoms with E-state index in [1.54, 1.807) is 23.5 Å². The summed E-state index contributed by atoms with van der Waals surface area (Å²) in [5.41, 5.74) is 2.06. The van der Waals surface area contributed by atoms with Crippen molar-refractivity contribution in [1.29, 1.82) is 0 Å². The quantitative estimate of drug-likeness (QED) is 0.657. The number of benzene rings is 2. The molecule has 0 amide bonds. The minimum absolute atomic E-state index is 0.127. The van der Waals surface area contributed by atoms with Gasteiger partial charge in [0, 0.05) is 10.4 Å². The van der Waals surface area contributed by atoms with E-state index in [0.29, 0.717) is 0 Å². The zero-order valence-corrected chi connectivity index (χ0v) is 12.1. The maximum atomic E-state index is 13.3. The van der Waals surface area contributed by atoms with Crippen molar-refractivity contribution in [1.82, 2.24) is 0 Å². The molecule has 0 fully saturated rings. The zero-order valence-electron chi connectivity index (χ0n) is 11.3. The third-order valence-electron chi connectivity index (χ3n) is 3.45. The van der Waals surface area contributed by atoms with Gasteiger partial charge >= 0.3 is 0 Å². The fourth-order valence-corrected chi connectivity index (χ4v) is 3.17. The average molecular weight is 285 g/mol. The molecule has 3 heteroatoms. The molecule has 1 heterocycles. The van der Waals surface area contributed by atoms with Crippen molar-refractivity contribution < 1.29 is 4.39 Å². The zero-order chi connectivity index (χ0) is 13.9. The summed E-state index contributed by atoms with van der Waals surface area (Å²) >= 11 is 1.74. The van der Waals surface area contributed by atoms with Gasteiger partial charge in [0.05, 0.1) is 6.04 Å². The SMILES string of the molecule is CCC(Nc1ccc2sccc2c1)c1cccc(F)c1. The minimum atomic E-state index is -0.184. The van der Waals surface area contributed by atoms with Crippen LogP contribution in [-0.2, 0) is 0 Å². The van der Waals surface area contributed by atoms with E-state index in [4.69, 9.17) is 0 Å². The summed E-state index contributed by atoms with van der Waals surface area (Å²) in [6, 6.07) is 15.4. The molecule has 0 spiro atoms. The minimum Gasteiger partial charge on any atom is -0.378 e. The van der Waals surface area contributed by atoms with Gasteiger partial charge in [-0.1, -0.05) is 19.1 Å². The second-order valence-electron chi connectivity index (χ2n) is 4.83. The van der Waals surface area contributed by atoms with Crippen molar-refractivity contribution in [3.63, 3.8) is 0 Å². The summed E-state index contributed by atoms with van der Waals surface area (Å²) in [7, 11) is 0. The maximum Gasteiger partial charge on any atom is 0.123 e. The molecule has 1 nitrogen and oxygen atoms in total. The highest BCUT2D eigenvalue weighted by atomic mass is 32.1. The van der Waals surface area contributed by atoms with Crippen LogP contribution < -0.4 is 5.32 Å². The van der Waals surface area contributed by atoms with Crippen molar-refractivity contribution >= 4 is 27.1 Å². The number of hydrogen-bond acceptors (Lipinski definition) is 2. The number of hydrogen-bond donors (Lipinski definition) is 1. The first-order chi connectivity index (χ1) is 9.76. The molecule has 1 unspecified atom stereocenters. The molecule has 0 saturated heterocycles. The Morgan fingerprint density at radius 1 is 1.15 bits per heavy atom. The number of anilines is 1. The number of rotatable bonds is 4. The predicted molar refractivity (Wildman–Crippen MR) is 84.9 cm³/mol. The van der Waals surface area contributed by atoms with Crippen LogP contribution >= 0.6 is 11.3 Å². The van der Waals surface area contributed by atoms with Crippen LogP contribution in [0.1, 0.15) is 24.9 Å². The first-order valence-electron chi connectivity index (χ1n) is 6.75. The number of nitrogens with one attached hydrogen (secondary N) is 1. The predicted octanol–water partition coefficient (Wildman–Crippen LogP) is 5.60. The lowest BCUT2D eigenvalue weighted by atomic mass is 10.0. The van der Waals surface area contributed by atoms with Crippen molar-refractivity contribution in [3.8, 4) is 0 Å². The van der Waals surface area contributed by atoms with Gasteiger partial charge in [-0.2, -0.15) is 0 Å². The lowest BCUT2D eigenvalue weighted by Gasteiger charge is -2.19. The highest BCUT2D eigenvalue weighted by Gasteiger charge is 2.10. The fraction of sp³-hybridized carbons (Fsp3) is 0.176. The highest BCUT2D eigenvalue weighted by molar-refractivity contribution is 7.17. The molecule has 20 heavy (non-hydrogen) atoms. The monoisotopic (exact) mass is 285 g/mol. The topological polar surface area (TPSA) is 12.0 Å². The maximum absolute atomic E-state index is 13.3. The van der Waals surface area contributed by atoms with Crippen LogP contribution in [0.3, 0.4) is 0 Å². The standard InChI is InChI=1S/C17H16FNS/c1-2-16(12-4-3-5-14(18)10-12)19-15-6-7-17-13(11-15)8-9-20-17/h3-11,16,19H,2H2,1H3. The Balaban J connectivity index is 1.87. The molecule has 0 bridgehead atoms. The molecule has 0 aliphatic rings. The summed E-state index contributed by atoms with van der Waals surface area (Å²) in [5.74, 6) is -0.184. The normalized spacial score (nSPS) is 12.5. The molecule has 1 atom stereocenters. The van der Waals surface area contributed by atoms with E-state index in [1.807, 2.05) is 6.07 Å². The van der Waals surface area contributed by atoms with Gasteiger partial charge in [-0.25, -0.2) is 4.39 Å².